The zero-order valence-corrected chi connectivity index (χ0v) is 7.01. The molecule has 0 fully saturated rings. The molecule has 0 bridgehead atoms. The van der Waals surface area contributed by atoms with Gasteiger partial charge >= 0.3 is 0 Å². The van der Waals surface area contributed by atoms with Crippen molar-refractivity contribution >= 4 is 16.5 Å². The molecule has 2 nitrogen and oxygen atoms in total. The van der Waals surface area contributed by atoms with Gasteiger partial charge in [-0.25, -0.2) is 0 Å². The summed E-state index contributed by atoms with van der Waals surface area (Å²) >= 11 is 1.04. The van der Waals surface area contributed by atoms with Crippen LogP contribution in [0.4, 0.5) is 13.8 Å². The van der Waals surface area contributed by atoms with Crippen LogP contribution in [0.25, 0.3) is 0 Å². The van der Waals surface area contributed by atoms with Crippen molar-refractivity contribution < 1.29 is 8.78 Å². The number of rotatable bonds is 2. The number of nitrogens with one attached hydrogen (secondary N) is 1. The van der Waals surface area contributed by atoms with Crippen molar-refractivity contribution in [2.75, 3.05) is 12.4 Å². The first-order valence-electron chi connectivity index (χ1n) is 3.07. The zero-order chi connectivity index (χ0) is 8.48. The van der Waals surface area contributed by atoms with Crippen molar-refractivity contribution in [1.29, 1.82) is 0 Å². The highest BCUT2D eigenvalue weighted by Gasteiger charge is 2.27. The van der Waals surface area contributed by atoms with Gasteiger partial charge in [0.05, 0.1) is 0 Å². The van der Waals surface area contributed by atoms with Gasteiger partial charge in [0, 0.05) is 20.0 Å². The summed E-state index contributed by atoms with van der Waals surface area (Å²) in [6.07, 6.45) is 0. The van der Waals surface area contributed by atoms with E-state index < -0.39 is 5.92 Å². The number of hydrogen-bond acceptors (Lipinski definition) is 3. The summed E-state index contributed by atoms with van der Waals surface area (Å²) in [4.78, 5) is 0. The Bertz CT molecular complexity index is 241. The maximum absolute atomic E-state index is 12.5. The van der Waals surface area contributed by atoms with Crippen LogP contribution in [0, 0.1) is 0 Å². The number of halogens is 2. The van der Waals surface area contributed by atoms with Crippen molar-refractivity contribution in [3.05, 3.63) is 11.8 Å². The fraction of sp³-hybridized carbons (Fsp3) is 0.500. The lowest BCUT2D eigenvalue weighted by atomic mass is 10.3. The Labute approximate surface area is 67.4 Å². The van der Waals surface area contributed by atoms with Gasteiger partial charge in [0.1, 0.15) is 10.7 Å². The predicted octanol–water partition coefficient (Wildman–Crippen LogP) is 2.30. The van der Waals surface area contributed by atoms with Crippen LogP contribution in [0.1, 0.15) is 12.6 Å². The Kier molecular flexibility index (Phi) is 2.08. The van der Waals surface area contributed by atoms with Crippen LogP contribution in [0.2, 0.25) is 0 Å². The number of alkyl halides is 2. The summed E-state index contributed by atoms with van der Waals surface area (Å²) in [5.74, 6) is -2.83. The van der Waals surface area contributed by atoms with E-state index in [4.69, 9.17) is 0 Å². The molecule has 0 amide bonds. The predicted molar refractivity (Wildman–Crippen MR) is 41.2 cm³/mol. The summed E-state index contributed by atoms with van der Waals surface area (Å²) < 4.78 is 28.6. The number of nitrogens with zero attached hydrogens (tertiary/aromatic N) is 1. The molecular formula is C6H8F2N2S. The van der Waals surface area contributed by atoms with Crippen LogP contribution in [-0.2, 0) is 5.92 Å². The minimum Gasteiger partial charge on any atom is -0.379 e. The van der Waals surface area contributed by atoms with Crippen LogP contribution >= 0.6 is 11.5 Å². The Balaban J connectivity index is 2.89. The SMILES string of the molecule is CNc1cc(C(C)(F)F)ns1. The first kappa shape index (κ1) is 8.39. The Morgan fingerprint density at radius 2 is 2.27 bits per heavy atom. The van der Waals surface area contributed by atoms with Crippen LogP contribution in [0.15, 0.2) is 6.07 Å². The maximum atomic E-state index is 12.5. The summed E-state index contributed by atoms with van der Waals surface area (Å²) in [6.45, 7) is 0.835. The lowest BCUT2D eigenvalue weighted by Crippen LogP contribution is -2.06. The quantitative estimate of drug-likeness (QED) is 0.751. The lowest BCUT2D eigenvalue weighted by Gasteiger charge is -2.03. The topological polar surface area (TPSA) is 24.9 Å². The van der Waals surface area contributed by atoms with E-state index in [9.17, 15) is 8.78 Å². The fourth-order valence-electron chi connectivity index (χ4n) is 0.600. The van der Waals surface area contributed by atoms with Crippen LogP contribution in [0.3, 0.4) is 0 Å². The van der Waals surface area contributed by atoms with E-state index in [2.05, 4.69) is 9.69 Å². The van der Waals surface area contributed by atoms with E-state index in [0.29, 0.717) is 5.00 Å². The smallest absolute Gasteiger partial charge is 0.288 e. The molecule has 1 heterocycles. The number of aromatic nitrogens is 1. The third-order valence-electron chi connectivity index (χ3n) is 1.21. The minimum atomic E-state index is -2.83. The van der Waals surface area contributed by atoms with E-state index >= 15 is 0 Å². The van der Waals surface area contributed by atoms with E-state index in [1.54, 1.807) is 7.05 Å². The molecule has 0 saturated carbocycles. The third-order valence-corrected chi connectivity index (χ3v) is 2.01. The zero-order valence-electron chi connectivity index (χ0n) is 6.19. The summed E-state index contributed by atoms with van der Waals surface area (Å²) in [5, 5.41) is 3.40. The van der Waals surface area contributed by atoms with Crippen LogP contribution in [0.5, 0.6) is 0 Å². The minimum absolute atomic E-state index is 0.174. The van der Waals surface area contributed by atoms with Crippen molar-refractivity contribution in [3.63, 3.8) is 0 Å². The molecule has 1 aromatic heterocycles. The molecule has 1 rings (SSSR count). The second kappa shape index (κ2) is 2.73. The van der Waals surface area contributed by atoms with Crippen LogP contribution in [-0.4, -0.2) is 11.4 Å². The number of anilines is 1. The van der Waals surface area contributed by atoms with Gasteiger partial charge < -0.3 is 5.32 Å². The second-order valence-corrected chi connectivity index (χ2v) is 3.02. The molecule has 0 atom stereocenters. The van der Waals surface area contributed by atoms with Gasteiger partial charge in [-0.3, -0.25) is 0 Å². The van der Waals surface area contributed by atoms with Gasteiger partial charge in [-0.15, -0.1) is 0 Å². The largest absolute Gasteiger partial charge is 0.379 e. The molecule has 5 heteroatoms. The highest BCUT2D eigenvalue weighted by molar-refractivity contribution is 7.10. The Morgan fingerprint density at radius 1 is 1.64 bits per heavy atom. The molecule has 0 aliphatic rings. The standard InChI is InChI=1S/C6H8F2N2S/c1-6(7,8)4-3-5(9-2)11-10-4/h3,9H,1-2H3. The highest BCUT2D eigenvalue weighted by Crippen LogP contribution is 2.29. The monoisotopic (exact) mass is 178 g/mol. The van der Waals surface area contributed by atoms with E-state index in [1.807, 2.05) is 0 Å². The van der Waals surface area contributed by atoms with E-state index in [1.165, 1.54) is 6.07 Å². The normalized spacial score (nSPS) is 11.6. The van der Waals surface area contributed by atoms with E-state index in [0.717, 1.165) is 18.5 Å². The Morgan fingerprint density at radius 3 is 2.55 bits per heavy atom. The maximum Gasteiger partial charge on any atom is 0.288 e. The molecule has 62 valence electrons. The molecule has 11 heavy (non-hydrogen) atoms. The van der Waals surface area contributed by atoms with Gasteiger partial charge in [0.15, 0.2) is 0 Å². The third kappa shape index (κ3) is 1.86. The summed E-state index contributed by atoms with van der Waals surface area (Å²) in [6, 6.07) is 1.35. The molecule has 0 aliphatic carbocycles. The van der Waals surface area contributed by atoms with Crippen molar-refractivity contribution in [1.82, 2.24) is 4.37 Å². The molecular weight excluding hydrogens is 170 g/mol. The second-order valence-electron chi connectivity index (χ2n) is 2.21. The number of hydrogen-bond donors (Lipinski definition) is 1. The molecule has 1 N–H and O–H groups in total. The molecule has 0 aromatic carbocycles. The lowest BCUT2D eigenvalue weighted by molar-refractivity contribution is 0.0138. The molecule has 0 aliphatic heterocycles. The van der Waals surface area contributed by atoms with Gasteiger partial charge in [-0.05, 0) is 11.5 Å². The molecule has 1 aromatic rings. The molecule has 0 saturated heterocycles. The van der Waals surface area contributed by atoms with Gasteiger partial charge in [0.2, 0.25) is 0 Å². The highest BCUT2D eigenvalue weighted by atomic mass is 32.1. The first-order chi connectivity index (χ1) is 5.04. The summed E-state index contributed by atoms with van der Waals surface area (Å²) in [7, 11) is 1.67. The van der Waals surface area contributed by atoms with Gasteiger partial charge in [-0.1, -0.05) is 0 Å². The van der Waals surface area contributed by atoms with Gasteiger partial charge in [0.25, 0.3) is 5.92 Å². The van der Waals surface area contributed by atoms with Crippen molar-refractivity contribution in [2.24, 2.45) is 0 Å². The molecule has 0 unspecified atom stereocenters. The van der Waals surface area contributed by atoms with Crippen LogP contribution < -0.4 is 5.32 Å². The Hall–Kier alpha value is -0.710. The van der Waals surface area contributed by atoms with Crippen molar-refractivity contribution in [2.45, 2.75) is 12.8 Å². The van der Waals surface area contributed by atoms with Crippen molar-refractivity contribution in [3.8, 4) is 0 Å². The average molecular weight is 178 g/mol. The summed E-state index contributed by atoms with van der Waals surface area (Å²) in [5.41, 5.74) is -0.174. The average Bonchev–Trinajstić information content (AvgIpc) is 2.32. The first-order valence-corrected chi connectivity index (χ1v) is 3.84. The molecule has 0 spiro atoms. The fourth-order valence-corrected chi connectivity index (χ4v) is 1.27. The van der Waals surface area contributed by atoms with E-state index in [-0.39, 0.29) is 5.69 Å². The molecule has 0 radical (unpaired) electrons. The van der Waals surface area contributed by atoms with Gasteiger partial charge in [-0.2, -0.15) is 13.2 Å².